The monoisotopic (exact) mass is 542 g/mol. The van der Waals surface area contributed by atoms with Crippen molar-refractivity contribution >= 4 is 34.5 Å². The van der Waals surface area contributed by atoms with Crippen molar-refractivity contribution in [3.63, 3.8) is 0 Å². The summed E-state index contributed by atoms with van der Waals surface area (Å²) < 4.78 is 0. The number of rotatable bonds is 9. The highest BCUT2D eigenvalue weighted by atomic mass is 35.5. The number of nitrogens with zero attached hydrogens (tertiary/aromatic N) is 4. The van der Waals surface area contributed by atoms with Gasteiger partial charge < -0.3 is 10.0 Å². The van der Waals surface area contributed by atoms with Gasteiger partial charge >= 0.3 is 5.97 Å². The highest BCUT2D eigenvalue weighted by Gasteiger charge is 2.23. The second-order valence-electron chi connectivity index (χ2n) is 9.88. The maximum absolute atomic E-state index is 13.4. The van der Waals surface area contributed by atoms with E-state index in [-0.39, 0.29) is 12.3 Å². The van der Waals surface area contributed by atoms with Crippen molar-refractivity contribution in [1.29, 1.82) is 0 Å². The van der Waals surface area contributed by atoms with Crippen LogP contribution < -0.4 is 0 Å². The number of carboxylic acids is 1. The summed E-state index contributed by atoms with van der Waals surface area (Å²) in [6, 6.07) is 23.4. The predicted octanol–water partition coefficient (Wildman–Crippen LogP) is 5.71. The summed E-state index contributed by atoms with van der Waals surface area (Å²) in [7, 11) is 0. The summed E-state index contributed by atoms with van der Waals surface area (Å²) in [6.07, 6.45) is 1.95. The van der Waals surface area contributed by atoms with E-state index in [0.717, 1.165) is 36.6 Å². The Hall–Kier alpha value is -3.81. The molecule has 0 atom stereocenters. The fourth-order valence-corrected chi connectivity index (χ4v) is 5.07. The Kier molecular flexibility index (Phi) is 8.49. The lowest BCUT2D eigenvalue weighted by atomic mass is 10.0. The molecule has 3 aromatic carbocycles. The lowest BCUT2D eigenvalue weighted by molar-refractivity contribution is -0.137. The quantitative estimate of drug-likeness (QED) is 0.273. The smallest absolute Gasteiger partial charge is 0.303 e. The first-order valence-corrected chi connectivity index (χ1v) is 13.7. The molecule has 7 nitrogen and oxygen atoms in total. The van der Waals surface area contributed by atoms with Crippen LogP contribution in [0.15, 0.2) is 72.8 Å². The molecule has 200 valence electrons. The van der Waals surface area contributed by atoms with Crippen LogP contribution in [-0.2, 0) is 17.8 Å². The van der Waals surface area contributed by atoms with Crippen LogP contribution in [0.4, 0.5) is 0 Å². The van der Waals surface area contributed by atoms with Gasteiger partial charge in [-0.05, 0) is 55.2 Å². The molecule has 1 aromatic heterocycles. The summed E-state index contributed by atoms with van der Waals surface area (Å²) in [5, 5.41) is 9.64. The molecule has 4 aromatic rings. The molecule has 1 fully saturated rings. The maximum atomic E-state index is 13.4. The van der Waals surface area contributed by atoms with Crippen LogP contribution in [0.25, 0.3) is 22.3 Å². The van der Waals surface area contributed by atoms with Crippen molar-refractivity contribution < 1.29 is 14.7 Å². The Labute approximate surface area is 233 Å². The lowest BCUT2D eigenvalue weighted by Crippen LogP contribution is -2.48. The molecular formula is C31H31ClN4O3. The van der Waals surface area contributed by atoms with E-state index < -0.39 is 5.97 Å². The summed E-state index contributed by atoms with van der Waals surface area (Å²) in [5.41, 5.74) is 5.69. The first-order valence-electron chi connectivity index (χ1n) is 13.3. The van der Waals surface area contributed by atoms with Crippen molar-refractivity contribution in [2.75, 3.05) is 26.2 Å². The largest absolute Gasteiger partial charge is 0.481 e. The van der Waals surface area contributed by atoms with Crippen molar-refractivity contribution in [3.8, 4) is 11.3 Å². The number of aryl methyl sites for hydroxylation is 1. The predicted molar refractivity (Wildman–Crippen MR) is 153 cm³/mol. The zero-order valence-corrected chi connectivity index (χ0v) is 22.5. The molecule has 0 aliphatic carbocycles. The Balaban J connectivity index is 1.33. The van der Waals surface area contributed by atoms with E-state index in [2.05, 4.69) is 29.2 Å². The molecule has 39 heavy (non-hydrogen) atoms. The van der Waals surface area contributed by atoms with Gasteiger partial charge in [-0.2, -0.15) is 0 Å². The zero-order chi connectivity index (χ0) is 27.2. The van der Waals surface area contributed by atoms with E-state index >= 15 is 0 Å². The van der Waals surface area contributed by atoms with Gasteiger partial charge in [-0.25, -0.2) is 9.97 Å². The van der Waals surface area contributed by atoms with Crippen LogP contribution in [0.1, 0.15) is 40.9 Å². The number of carbonyl (C=O) groups excluding carboxylic acids is 1. The zero-order valence-electron chi connectivity index (χ0n) is 21.7. The van der Waals surface area contributed by atoms with Gasteiger partial charge in [0.1, 0.15) is 0 Å². The van der Waals surface area contributed by atoms with Crippen LogP contribution in [0.3, 0.4) is 0 Å². The molecule has 2 heterocycles. The molecule has 0 unspecified atom stereocenters. The van der Waals surface area contributed by atoms with Gasteiger partial charge in [0.25, 0.3) is 5.91 Å². The number of aromatic nitrogens is 2. The fourth-order valence-electron chi connectivity index (χ4n) is 4.94. The number of hydrogen-bond acceptors (Lipinski definition) is 5. The Bertz CT molecular complexity index is 1450. The molecule has 1 amide bonds. The summed E-state index contributed by atoms with van der Waals surface area (Å²) in [6.45, 7) is 3.91. The minimum Gasteiger partial charge on any atom is -0.481 e. The van der Waals surface area contributed by atoms with E-state index in [1.807, 2.05) is 53.4 Å². The molecule has 0 radical (unpaired) electrons. The van der Waals surface area contributed by atoms with Gasteiger partial charge in [-0.15, -0.1) is 0 Å². The summed E-state index contributed by atoms with van der Waals surface area (Å²) >= 11 is 6.09. The first-order chi connectivity index (χ1) is 19.0. The molecule has 0 bridgehead atoms. The second kappa shape index (κ2) is 12.4. The molecule has 1 N–H and O–H groups in total. The molecule has 0 saturated carbocycles. The summed E-state index contributed by atoms with van der Waals surface area (Å²) in [4.78, 5) is 38.4. The van der Waals surface area contributed by atoms with Crippen LogP contribution in [-0.4, -0.2) is 62.9 Å². The van der Waals surface area contributed by atoms with Gasteiger partial charge in [-0.3, -0.25) is 14.5 Å². The van der Waals surface area contributed by atoms with Gasteiger partial charge in [-0.1, -0.05) is 54.1 Å². The maximum Gasteiger partial charge on any atom is 0.303 e. The number of aliphatic carboxylic acids is 1. The van der Waals surface area contributed by atoms with Gasteiger partial charge in [0.15, 0.2) is 0 Å². The SMILES string of the molecule is O=C(O)CCCCc1nc2cc(C(=O)N3CCN(Cc4ccccc4)CC3)ccc2nc1-c1ccc(Cl)cc1. The number of carbonyl (C=O) groups is 2. The average Bonchev–Trinajstić information content (AvgIpc) is 2.95. The highest BCUT2D eigenvalue weighted by molar-refractivity contribution is 6.30. The minimum absolute atomic E-state index is 0.00264. The second-order valence-corrected chi connectivity index (χ2v) is 10.3. The average molecular weight is 543 g/mol. The third-order valence-corrected chi connectivity index (χ3v) is 7.32. The molecule has 5 rings (SSSR count). The van der Waals surface area contributed by atoms with E-state index in [1.54, 1.807) is 0 Å². The molecular weight excluding hydrogens is 512 g/mol. The highest BCUT2D eigenvalue weighted by Crippen LogP contribution is 2.27. The number of amides is 1. The molecule has 0 spiro atoms. The van der Waals surface area contributed by atoms with E-state index in [4.69, 9.17) is 26.7 Å². The van der Waals surface area contributed by atoms with Crippen LogP contribution in [0.2, 0.25) is 5.02 Å². The van der Waals surface area contributed by atoms with E-state index in [1.165, 1.54) is 5.56 Å². The van der Waals surface area contributed by atoms with E-state index in [0.29, 0.717) is 54.0 Å². The van der Waals surface area contributed by atoms with Crippen LogP contribution in [0.5, 0.6) is 0 Å². The van der Waals surface area contributed by atoms with Gasteiger partial charge in [0.2, 0.25) is 0 Å². The third-order valence-electron chi connectivity index (χ3n) is 7.06. The van der Waals surface area contributed by atoms with Crippen molar-refractivity contribution in [2.24, 2.45) is 0 Å². The fraction of sp³-hybridized carbons (Fsp3) is 0.290. The standard InChI is InChI=1S/C31H31ClN4O3/c32-25-13-10-23(11-14-25)30-27(8-4-5-9-29(37)38)33-28-20-24(12-15-26(28)34-30)31(39)36-18-16-35(17-19-36)21-22-6-2-1-3-7-22/h1-3,6-7,10-15,20H,4-5,8-9,16-19,21H2,(H,37,38). The molecule has 1 saturated heterocycles. The first kappa shape index (κ1) is 26.8. The summed E-state index contributed by atoms with van der Waals surface area (Å²) in [5.74, 6) is -0.801. The number of unbranched alkanes of at least 4 members (excludes halogenated alkanes) is 1. The number of hydrogen-bond donors (Lipinski definition) is 1. The minimum atomic E-state index is -0.804. The lowest BCUT2D eigenvalue weighted by Gasteiger charge is -2.34. The normalized spacial score (nSPS) is 14.0. The van der Waals surface area contributed by atoms with Crippen LogP contribution >= 0.6 is 11.6 Å². The number of carboxylic acid groups (broad SMARTS) is 1. The van der Waals surface area contributed by atoms with Crippen molar-refractivity contribution in [2.45, 2.75) is 32.2 Å². The molecule has 1 aliphatic rings. The van der Waals surface area contributed by atoms with Crippen molar-refractivity contribution in [1.82, 2.24) is 19.8 Å². The van der Waals surface area contributed by atoms with Gasteiger partial charge in [0, 0.05) is 55.3 Å². The number of benzene rings is 3. The Morgan fingerprint density at radius 3 is 2.31 bits per heavy atom. The van der Waals surface area contributed by atoms with Crippen molar-refractivity contribution in [3.05, 3.63) is 94.6 Å². The number of fused-ring (bicyclic) bond motifs is 1. The molecule has 1 aliphatic heterocycles. The topological polar surface area (TPSA) is 86.6 Å². The third kappa shape index (κ3) is 6.80. The Morgan fingerprint density at radius 2 is 1.59 bits per heavy atom. The van der Waals surface area contributed by atoms with Gasteiger partial charge in [0.05, 0.1) is 22.4 Å². The Morgan fingerprint density at radius 1 is 0.846 bits per heavy atom. The number of piperazine rings is 1. The van der Waals surface area contributed by atoms with E-state index in [9.17, 15) is 9.59 Å². The number of halogens is 1. The van der Waals surface area contributed by atoms with Crippen LogP contribution in [0, 0.1) is 0 Å². The molecule has 8 heteroatoms.